The molecule has 0 spiro atoms. The fourth-order valence-electron chi connectivity index (χ4n) is 1.28. The van der Waals surface area contributed by atoms with Crippen LogP contribution in [0.3, 0.4) is 0 Å². The summed E-state index contributed by atoms with van der Waals surface area (Å²) in [6.07, 6.45) is -3.00. The molecule has 1 saturated heterocycles. The maximum absolute atomic E-state index is 10.5. The van der Waals surface area contributed by atoms with E-state index in [9.17, 15) is 9.90 Å². The summed E-state index contributed by atoms with van der Waals surface area (Å²) < 4.78 is 4.82. The topological polar surface area (TPSA) is 87.0 Å². The van der Waals surface area contributed by atoms with Crippen LogP contribution in [0, 0.1) is 5.92 Å². The van der Waals surface area contributed by atoms with Crippen molar-refractivity contribution in [3.8, 4) is 0 Å². The van der Waals surface area contributed by atoms with Crippen LogP contribution in [0.25, 0.3) is 0 Å². The highest BCUT2D eigenvalue weighted by molar-refractivity contribution is 5.72. The first-order chi connectivity index (χ1) is 5.54. The minimum absolute atomic E-state index is 0.123. The predicted octanol–water partition coefficient (Wildman–Crippen LogP) is -1.17. The Morgan fingerprint density at radius 2 is 2.08 bits per heavy atom. The summed E-state index contributed by atoms with van der Waals surface area (Å²) >= 11 is 0. The van der Waals surface area contributed by atoms with Gasteiger partial charge in [0, 0.05) is 5.92 Å². The summed E-state index contributed by atoms with van der Waals surface area (Å²) in [5.41, 5.74) is 0. The summed E-state index contributed by atoms with van der Waals surface area (Å²) in [6.45, 7) is 1.41. The lowest BCUT2D eigenvalue weighted by Gasteiger charge is -2.33. The van der Waals surface area contributed by atoms with Crippen molar-refractivity contribution in [2.24, 2.45) is 5.92 Å². The molecule has 5 nitrogen and oxygen atoms in total. The average Bonchev–Trinajstić information content (AvgIpc) is 2.00. The number of carboxylic acids is 1. The summed E-state index contributed by atoms with van der Waals surface area (Å²) in [7, 11) is 0. The van der Waals surface area contributed by atoms with Crippen LogP contribution in [0.15, 0.2) is 0 Å². The normalized spacial score (nSPS) is 42.6. The summed E-state index contributed by atoms with van der Waals surface area (Å²) in [5.74, 6) is -1.68. The maximum atomic E-state index is 10.5. The van der Waals surface area contributed by atoms with Gasteiger partial charge >= 0.3 is 5.97 Å². The second-order valence-electron chi connectivity index (χ2n) is 3.01. The van der Waals surface area contributed by atoms with Crippen LogP contribution < -0.4 is 0 Å². The Balaban J connectivity index is 2.65. The fourth-order valence-corrected chi connectivity index (χ4v) is 1.28. The molecule has 4 atom stereocenters. The minimum atomic E-state index is -1.10. The second-order valence-corrected chi connectivity index (χ2v) is 3.01. The van der Waals surface area contributed by atoms with E-state index in [0.29, 0.717) is 0 Å². The van der Waals surface area contributed by atoms with Gasteiger partial charge in [0.25, 0.3) is 0 Å². The van der Waals surface area contributed by atoms with Crippen molar-refractivity contribution in [2.75, 3.05) is 6.61 Å². The molecule has 5 heteroatoms. The Labute approximate surface area is 69.6 Å². The standard InChI is InChI=1S/C7H12O5/c1-3-5(9)4(8)2-12-6(3)7(10)11/h3-6,8-9H,2H2,1H3,(H,10,11)/t3-,4-,5-,6-/m0/s1. The van der Waals surface area contributed by atoms with Crippen molar-refractivity contribution in [1.29, 1.82) is 0 Å². The molecule has 0 unspecified atom stereocenters. The van der Waals surface area contributed by atoms with E-state index in [2.05, 4.69) is 0 Å². The predicted molar refractivity (Wildman–Crippen MR) is 38.6 cm³/mol. The van der Waals surface area contributed by atoms with Gasteiger partial charge in [0.1, 0.15) is 6.10 Å². The third-order valence-electron chi connectivity index (χ3n) is 2.10. The number of hydrogen-bond donors (Lipinski definition) is 3. The number of aliphatic hydroxyl groups is 2. The molecule has 1 aliphatic heterocycles. The minimum Gasteiger partial charge on any atom is -0.479 e. The van der Waals surface area contributed by atoms with Crippen molar-refractivity contribution in [2.45, 2.75) is 25.2 Å². The lowest BCUT2D eigenvalue weighted by Crippen LogP contribution is -2.50. The van der Waals surface area contributed by atoms with Crippen LogP contribution >= 0.6 is 0 Å². The first kappa shape index (κ1) is 9.44. The molecule has 70 valence electrons. The number of carbonyl (C=O) groups is 1. The van der Waals surface area contributed by atoms with E-state index in [1.54, 1.807) is 0 Å². The third-order valence-corrected chi connectivity index (χ3v) is 2.10. The number of aliphatic carboxylic acids is 1. The third kappa shape index (κ3) is 1.57. The van der Waals surface area contributed by atoms with Crippen LogP contribution in [0.1, 0.15) is 6.92 Å². The molecule has 12 heavy (non-hydrogen) atoms. The first-order valence-electron chi connectivity index (χ1n) is 3.74. The Kier molecular flexibility index (Phi) is 2.66. The van der Waals surface area contributed by atoms with E-state index < -0.39 is 30.2 Å². The van der Waals surface area contributed by atoms with E-state index in [4.69, 9.17) is 14.9 Å². The molecule has 0 saturated carbocycles. The highest BCUT2D eigenvalue weighted by atomic mass is 16.5. The van der Waals surface area contributed by atoms with Crippen LogP contribution in [0.2, 0.25) is 0 Å². The van der Waals surface area contributed by atoms with Gasteiger partial charge in [0.2, 0.25) is 0 Å². The van der Waals surface area contributed by atoms with E-state index >= 15 is 0 Å². The van der Waals surface area contributed by atoms with Crippen LogP contribution in [0.4, 0.5) is 0 Å². The molecule has 0 radical (unpaired) electrons. The summed E-state index contributed by atoms with van der Waals surface area (Å²) in [6, 6.07) is 0. The molecular weight excluding hydrogens is 164 g/mol. The lowest BCUT2D eigenvalue weighted by molar-refractivity contribution is -0.183. The van der Waals surface area contributed by atoms with Gasteiger partial charge < -0.3 is 20.1 Å². The highest BCUT2D eigenvalue weighted by Crippen LogP contribution is 2.21. The van der Waals surface area contributed by atoms with E-state index in [1.807, 2.05) is 0 Å². The van der Waals surface area contributed by atoms with Gasteiger partial charge in [-0.3, -0.25) is 0 Å². The largest absolute Gasteiger partial charge is 0.479 e. The van der Waals surface area contributed by atoms with Gasteiger partial charge in [0.05, 0.1) is 12.7 Å². The number of ether oxygens (including phenoxy) is 1. The Hall–Kier alpha value is -0.650. The zero-order chi connectivity index (χ0) is 9.30. The zero-order valence-corrected chi connectivity index (χ0v) is 6.67. The van der Waals surface area contributed by atoms with Crippen molar-refractivity contribution in [1.82, 2.24) is 0 Å². The SMILES string of the molecule is C[C@H]1[C@H](O)[C@@H](O)CO[C@@H]1C(=O)O. The van der Waals surface area contributed by atoms with Gasteiger partial charge in [-0.05, 0) is 0 Å². The quantitative estimate of drug-likeness (QED) is 0.468. The molecule has 0 aromatic carbocycles. The van der Waals surface area contributed by atoms with Crippen LogP contribution in [-0.4, -0.2) is 46.2 Å². The molecule has 0 aromatic rings. The Bertz CT molecular complexity index is 181. The van der Waals surface area contributed by atoms with Gasteiger partial charge in [-0.15, -0.1) is 0 Å². The average molecular weight is 176 g/mol. The molecule has 1 aliphatic rings. The first-order valence-corrected chi connectivity index (χ1v) is 3.74. The van der Waals surface area contributed by atoms with Crippen molar-refractivity contribution in [3.63, 3.8) is 0 Å². The smallest absolute Gasteiger partial charge is 0.333 e. The highest BCUT2D eigenvalue weighted by Gasteiger charge is 2.39. The van der Waals surface area contributed by atoms with Crippen LogP contribution in [-0.2, 0) is 9.53 Å². The summed E-state index contributed by atoms with van der Waals surface area (Å²) in [5, 5.41) is 26.9. The molecule has 0 bridgehead atoms. The van der Waals surface area contributed by atoms with Gasteiger partial charge in [0.15, 0.2) is 6.10 Å². The molecule has 0 aliphatic carbocycles. The van der Waals surface area contributed by atoms with Crippen LogP contribution in [0.5, 0.6) is 0 Å². The summed E-state index contributed by atoms with van der Waals surface area (Å²) in [4.78, 5) is 10.5. The van der Waals surface area contributed by atoms with Crippen molar-refractivity contribution < 1.29 is 24.9 Å². The number of hydrogen-bond acceptors (Lipinski definition) is 4. The van der Waals surface area contributed by atoms with Gasteiger partial charge in [-0.2, -0.15) is 0 Å². The zero-order valence-electron chi connectivity index (χ0n) is 6.67. The van der Waals surface area contributed by atoms with E-state index in [1.165, 1.54) is 6.92 Å². The Morgan fingerprint density at radius 3 is 2.58 bits per heavy atom. The number of aliphatic hydroxyl groups excluding tert-OH is 2. The molecule has 1 rings (SSSR count). The molecule has 1 fully saturated rings. The molecule has 3 N–H and O–H groups in total. The lowest BCUT2D eigenvalue weighted by atomic mass is 9.92. The molecular formula is C7H12O5. The van der Waals surface area contributed by atoms with Crippen molar-refractivity contribution >= 4 is 5.97 Å². The van der Waals surface area contributed by atoms with Gasteiger partial charge in [-0.1, -0.05) is 6.92 Å². The fraction of sp³-hybridized carbons (Fsp3) is 0.857. The number of carboxylic acid groups (broad SMARTS) is 1. The maximum Gasteiger partial charge on any atom is 0.333 e. The van der Waals surface area contributed by atoms with E-state index in [0.717, 1.165) is 0 Å². The molecule has 0 amide bonds. The Morgan fingerprint density at radius 1 is 1.50 bits per heavy atom. The molecule has 1 heterocycles. The van der Waals surface area contributed by atoms with E-state index in [-0.39, 0.29) is 6.61 Å². The number of rotatable bonds is 1. The molecule has 0 aromatic heterocycles. The second kappa shape index (κ2) is 3.38. The van der Waals surface area contributed by atoms with Crippen molar-refractivity contribution in [3.05, 3.63) is 0 Å². The van der Waals surface area contributed by atoms with Gasteiger partial charge in [-0.25, -0.2) is 4.79 Å². The monoisotopic (exact) mass is 176 g/mol.